The molecule has 0 amide bonds. The zero-order valence-corrected chi connectivity index (χ0v) is 9.98. The largest absolute Gasteiger partial charge is 0.512 e. The number of hydrogen-bond donors (Lipinski definition) is 2. The Morgan fingerprint density at radius 2 is 2.12 bits per heavy atom. The summed E-state index contributed by atoms with van der Waals surface area (Å²) in [5, 5.41) is 19.3. The van der Waals surface area contributed by atoms with E-state index in [1.54, 1.807) is 6.08 Å². The molecule has 0 aromatic heterocycles. The predicted molar refractivity (Wildman–Crippen MR) is 63.2 cm³/mol. The Labute approximate surface area is 97.2 Å². The number of Topliss-reactive ketones (excluding diaryl/α,β-unsaturated/α-hetero) is 1. The van der Waals surface area contributed by atoms with E-state index in [4.69, 9.17) is 0 Å². The van der Waals surface area contributed by atoms with Gasteiger partial charge in [-0.3, -0.25) is 4.79 Å². The highest BCUT2D eigenvalue weighted by Crippen LogP contribution is 2.28. The Kier molecular flexibility index (Phi) is 5.53. The molecule has 0 aromatic rings. The lowest BCUT2D eigenvalue weighted by Crippen LogP contribution is -2.15. The molecule has 1 aliphatic rings. The van der Waals surface area contributed by atoms with Crippen molar-refractivity contribution in [1.29, 1.82) is 0 Å². The molecule has 92 valence electrons. The average molecular weight is 226 g/mol. The molecule has 3 heteroatoms. The molecular weight excluding hydrogens is 204 g/mol. The smallest absolute Gasteiger partial charge is 0.136 e. The molecule has 0 bridgehead atoms. The average Bonchev–Trinajstić information content (AvgIpc) is 2.57. The fraction of sp³-hybridized carbons (Fsp3) is 0.769. The second-order valence-electron chi connectivity index (χ2n) is 4.60. The standard InChI is InChI=1S/C13H22O3/c1-2-3-4-5-6-7-12(15)11-8-10(14)9-13(11)16/h7,11,13,15-16H,2-6,8-9H2,1H3/b12-7+. The Balaban J connectivity index is 2.30. The fourth-order valence-electron chi connectivity index (χ4n) is 2.11. The maximum absolute atomic E-state index is 11.1. The van der Waals surface area contributed by atoms with Gasteiger partial charge in [-0.25, -0.2) is 0 Å². The van der Waals surface area contributed by atoms with Gasteiger partial charge in [0.1, 0.15) is 5.78 Å². The van der Waals surface area contributed by atoms with Gasteiger partial charge in [0.2, 0.25) is 0 Å². The summed E-state index contributed by atoms with van der Waals surface area (Å²) in [6.07, 6.45) is 7.06. The molecule has 2 N–H and O–H groups in total. The first-order valence-electron chi connectivity index (χ1n) is 6.24. The van der Waals surface area contributed by atoms with Gasteiger partial charge in [-0.15, -0.1) is 0 Å². The van der Waals surface area contributed by atoms with Crippen LogP contribution in [-0.4, -0.2) is 22.1 Å². The minimum atomic E-state index is -0.681. The molecule has 0 saturated heterocycles. The van der Waals surface area contributed by atoms with Gasteiger partial charge in [0, 0.05) is 18.8 Å². The molecular formula is C13H22O3. The summed E-state index contributed by atoms with van der Waals surface area (Å²) in [5.74, 6) is -0.100. The van der Waals surface area contributed by atoms with Crippen molar-refractivity contribution in [3.8, 4) is 0 Å². The molecule has 0 heterocycles. The molecule has 0 aromatic carbocycles. The van der Waals surface area contributed by atoms with E-state index in [9.17, 15) is 15.0 Å². The number of aliphatic hydroxyl groups excluding tert-OH is 2. The lowest BCUT2D eigenvalue weighted by molar-refractivity contribution is -0.117. The van der Waals surface area contributed by atoms with E-state index in [0.29, 0.717) is 6.42 Å². The molecule has 16 heavy (non-hydrogen) atoms. The third-order valence-electron chi connectivity index (χ3n) is 3.14. The van der Waals surface area contributed by atoms with Gasteiger partial charge < -0.3 is 10.2 Å². The number of hydrogen-bond acceptors (Lipinski definition) is 3. The maximum atomic E-state index is 11.1. The van der Waals surface area contributed by atoms with Gasteiger partial charge in [-0.05, 0) is 18.9 Å². The van der Waals surface area contributed by atoms with Gasteiger partial charge in [0.15, 0.2) is 0 Å². The summed E-state index contributed by atoms with van der Waals surface area (Å²) in [6.45, 7) is 2.16. The van der Waals surface area contributed by atoms with E-state index in [-0.39, 0.29) is 23.9 Å². The second kappa shape index (κ2) is 6.69. The van der Waals surface area contributed by atoms with Crippen molar-refractivity contribution in [2.45, 2.75) is 58.0 Å². The van der Waals surface area contributed by atoms with Crippen LogP contribution in [0.25, 0.3) is 0 Å². The zero-order chi connectivity index (χ0) is 12.0. The van der Waals surface area contributed by atoms with Crippen molar-refractivity contribution in [2.24, 2.45) is 5.92 Å². The summed E-state index contributed by atoms with van der Waals surface area (Å²) >= 11 is 0. The van der Waals surface area contributed by atoms with Gasteiger partial charge in [-0.1, -0.05) is 26.2 Å². The van der Waals surface area contributed by atoms with Gasteiger partial charge in [-0.2, -0.15) is 0 Å². The number of allylic oxidation sites excluding steroid dienone is 1. The van der Waals surface area contributed by atoms with Crippen molar-refractivity contribution >= 4 is 5.78 Å². The van der Waals surface area contributed by atoms with E-state index in [1.807, 2.05) is 0 Å². The summed E-state index contributed by atoms with van der Waals surface area (Å²) < 4.78 is 0. The number of ketones is 1. The van der Waals surface area contributed by atoms with Gasteiger partial charge in [0.05, 0.1) is 11.9 Å². The summed E-state index contributed by atoms with van der Waals surface area (Å²) in [7, 11) is 0. The minimum absolute atomic E-state index is 0.0448. The van der Waals surface area contributed by atoms with Crippen LogP contribution >= 0.6 is 0 Å². The van der Waals surface area contributed by atoms with Crippen LogP contribution in [-0.2, 0) is 4.79 Å². The van der Waals surface area contributed by atoms with Crippen LogP contribution in [0.3, 0.4) is 0 Å². The van der Waals surface area contributed by atoms with Crippen LogP contribution in [0.2, 0.25) is 0 Å². The molecule has 0 aliphatic heterocycles. The fourth-order valence-corrected chi connectivity index (χ4v) is 2.11. The van der Waals surface area contributed by atoms with Gasteiger partial charge in [0.25, 0.3) is 0 Å². The first-order chi connectivity index (χ1) is 7.65. The number of carbonyl (C=O) groups is 1. The number of aliphatic hydroxyl groups is 2. The second-order valence-corrected chi connectivity index (χ2v) is 4.60. The first kappa shape index (κ1) is 13.2. The summed E-state index contributed by atoms with van der Waals surface area (Å²) in [4.78, 5) is 11.1. The Morgan fingerprint density at radius 1 is 1.38 bits per heavy atom. The van der Waals surface area contributed by atoms with Crippen LogP contribution in [0.4, 0.5) is 0 Å². The van der Waals surface area contributed by atoms with E-state index in [0.717, 1.165) is 12.8 Å². The third-order valence-corrected chi connectivity index (χ3v) is 3.14. The summed E-state index contributed by atoms with van der Waals surface area (Å²) in [6, 6.07) is 0. The molecule has 1 fully saturated rings. The Morgan fingerprint density at radius 3 is 2.69 bits per heavy atom. The molecule has 0 radical (unpaired) electrons. The highest BCUT2D eigenvalue weighted by atomic mass is 16.3. The van der Waals surface area contributed by atoms with E-state index >= 15 is 0 Å². The highest BCUT2D eigenvalue weighted by molar-refractivity contribution is 5.82. The molecule has 1 aliphatic carbocycles. The normalized spacial score (nSPS) is 26.4. The lowest BCUT2D eigenvalue weighted by Gasteiger charge is -2.12. The SMILES string of the molecule is CCCCCC/C=C(/O)C1CC(=O)CC1O. The van der Waals surface area contributed by atoms with Crippen molar-refractivity contribution in [3.05, 3.63) is 11.8 Å². The third kappa shape index (κ3) is 3.97. The Hall–Kier alpha value is -0.830. The van der Waals surface area contributed by atoms with Crippen molar-refractivity contribution in [2.75, 3.05) is 0 Å². The Bertz CT molecular complexity index is 258. The van der Waals surface area contributed by atoms with Gasteiger partial charge >= 0.3 is 0 Å². The minimum Gasteiger partial charge on any atom is -0.512 e. The molecule has 1 saturated carbocycles. The van der Waals surface area contributed by atoms with Crippen LogP contribution in [0, 0.1) is 5.92 Å². The van der Waals surface area contributed by atoms with Crippen LogP contribution in [0.5, 0.6) is 0 Å². The van der Waals surface area contributed by atoms with E-state index in [2.05, 4.69) is 6.92 Å². The molecule has 0 spiro atoms. The van der Waals surface area contributed by atoms with Crippen LogP contribution in [0.1, 0.15) is 51.9 Å². The lowest BCUT2D eigenvalue weighted by atomic mass is 10.0. The number of carbonyl (C=O) groups excluding carboxylic acids is 1. The summed E-state index contributed by atoms with van der Waals surface area (Å²) in [5.41, 5.74) is 0. The molecule has 2 unspecified atom stereocenters. The van der Waals surface area contributed by atoms with E-state index < -0.39 is 6.10 Å². The number of rotatable bonds is 6. The van der Waals surface area contributed by atoms with E-state index in [1.165, 1.54) is 19.3 Å². The quantitative estimate of drug-likeness (QED) is 0.541. The maximum Gasteiger partial charge on any atom is 0.136 e. The predicted octanol–water partition coefficient (Wildman–Crippen LogP) is 2.74. The highest BCUT2D eigenvalue weighted by Gasteiger charge is 2.33. The molecule has 1 rings (SSSR count). The monoisotopic (exact) mass is 226 g/mol. The number of unbranched alkanes of at least 4 members (excludes halogenated alkanes) is 4. The zero-order valence-electron chi connectivity index (χ0n) is 9.98. The van der Waals surface area contributed by atoms with Crippen LogP contribution < -0.4 is 0 Å². The first-order valence-corrected chi connectivity index (χ1v) is 6.24. The van der Waals surface area contributed by atoms with Crippen molar-refractivity contribution in [3.63, 3.8) is 0 Å². The van der Waals surface area contributed by atoms with Crippen molar-refractivity contribution < 1.29 is 15.0 Å². The van der Waals surface area contributed by atoms with Crippen molar-refractivity contribution in [1.82, 2.24) is 0 Å². The van der Waals surface area contributed by atoms with Crippen LogP contribution in [0.15, 0.2) is 11.8 Å². The molecule has 2 atom stereocenters. The topological polar surface area (TPSA) is 57.5 Å². The molecule has 3 nitrogen and oxygen atoms in total.